The maximum Gasteiger partial charge on any atom is 0.107 e. The van der Waals surface area contributed by atoms with E-state index in [0.29, 0.717) is 12.5 Å². The van der Waals surface area contributed by atoms with Crippen molar-refractivity contribution in [3.63, 3.8) is 0 Å². The van der Waals surface area contributed by atoms with E-state index < -0.39 is 0 Å². The topological polar surface area (TPSA) is 48.4 Å². The minimum absolute atomic E-state index is 0.601. The first-order chi connectivity index (χ1) is 6.85. The van der Waals surface area contributed by atoms with Crippen molar-refractivity contribution in [2.45, 2.75) is 25.9 Å². The summed E-state index contributed by atoms with van der Waals surface area (Å²) in [5, 5.41) is 0. The van der Waals surface area contributed by atoms with Crippen molar-refractivity contribution >= 4 is 0 Å². The molecular weight excluding hydrogens is 178 g/mol. The summed E-state index contributed by atoms with van der Waals surface area (Å²) in [6.45, 7) is 1.42. The third-order valence-corrected chi connectivity index (χ3v) is 2.98. The van der Waals surface area contributed by atoms with Gasteiger partial charge in [-0.3, -0.25) is 0 Å². The number of furan rings is 1. The smallest absolute Gasteiger partial charge is 0.107 e. The van der Waals surface area contributed by atoms with E-state index in [2.05, 4.69) is 0 Å². The fourth-order valence-corrected chi connectivity index (χ4v) is 2.13. The van der Waals surface area contributed by atoms with Gasteiger partial charge in [-0.25, -0.2) is 0 Å². The SMILES string of the molecule is COCc1coc2c1CCC(CN)C2. The summed E-state index contributed by atoms with van der Waals surface area (Å²) in [5.74, 6) is 1.72. The van der Waals surface area contributed by atoms with Gasteiger partial charge < -0.3 is 14.9 Å². The molecule has 3 heteroatoms. The van der Waals surface area contributed by atoms with Crippen LogP contribution in [0.3, 0.4) is 0 Å². The molecule has 1 aliphatic rings. The molecule has 14 heavy (non-hydrogen) atoms. The van der Waals surface area contributed by atoms with Crippen molar-refractivity contribution in [1.29, 1.82) is 0 Å². The molecular formula is C11H17NO2. The first kappa shape index (κ1) is 9.74. The lowest BCUT2D eigenvalue weighted by molar-refractivity contribution is 0.183. The molecule has 0 saturated heterocycles. The monoisotopic (exact) mass is 195 g/mol. The van der Waals surface area contributed by atoms with Crippen molar-refractivity contribution in [3.8, 4) is 0 Å². The minimum atomic E-state index is 0.601. The molecule has 2 rings (SSSR count). The van der Waals surface area contributed by atoms with Gasteiger partial charge in [0.25, 0.3) is 0 Å². The quantitative estimate of drug-likeness (QED) is 0.795. The average Bonchev–Trinajstić information content (AvgIpc) is 2.61. The van der Waals surface area contributed by atoms with Gasteiger partial charge in [0, 0.05) is 19.1 Å². The van der Waals surface area contributed by atoms with Gasteiger partial charge >= 0.3 is 0 Å². The molecule has 2 N–H and O–H groups in total. The van der Waals surface area contributed by atoms with Gasteiger partial charge in [0.05, 0.1) is 12.9 Å². The van der Waals surface area contributed by atoms with Gasteiger partial charge in [0.1, 0.15) is 5.76 Å². The number of hydrogen-bond acceptors (Lipinski definition) is 3. The summed E-state index contributed by atoms with van der Waals surface area (Å²) < 4.78 is 10.7. The van der Waals surface area contributed by atoms with Crippen LogP contribution in [0.4, 0.5) is 0 Å². The molecule has 0 amide bonds. The third kappa shape index (κ3) is 1.70. The van der Waals surface area contributed by atoms with Crippen LogP contribution in [-0.2, 0) is 24.2 Å². The lowest BCUT2D eigenvalue weighted by Crippen LogP contribution is -2.21. The van der Waals surface area contributed by atoms with E-state index in [1.54, 1.807) is 7.11 Å². The van der Waals surface area contributed by atoms with Crippen molar-refractivity contribution in [2.24, 2.45) is 11.7 Å². The fourth-order valence-electron chi connectivity index (χ4n) is 2.13. The lowest BCUT2D eigenvalue weighted by Gasteiger charge is -2.19. The van der Waals surface area contributed by atoms with E-state index >= 15 is 0 Å². The first-order valence-corrected chi connectivity index (χ1v) is 5.12. The molecule has 1 aliphatic carbocycles. The van der Waals surface area contributed by atoms with Crippen LogP contribution < -0.4 is 5.73 Å². The number of nitrogens with two attached hydrogens (primary N) is 1. The zero-order valence-electron chi connectivity index (χ0n) is 8.58. The largest absolute Gasteiger partial charge is 0.469 e. The van der Waals surface area contributed by atoms with Crippen molar-refractivity contribution in [3.05, 3.63) is 23.2 Å². The second kappa shape index (κ2) is 4.15. The molecule has 1 aromatic heterocycles. The van der Waals surface area contributed by atoms with E-state index in [9.17, 15) is 0 Å². The molecule has 1 unspecified atom stereocenters. The Labute approximate surface area is 84.2 Å². The Balaban J connectivity index is 2.16. The Hall–Kier alpha value is -0.800. The van der Waals surface area contributed by atoms with Crippen molar-refractivity contribution < 1.29 is 9.15 Å². The second-order valence-electron chi connectivity index (χ2n) is 3.94. The predicted octanol–water partition coefficient (Wildman–Crippen LogP) is 1.49. The number of fused-ring (bicyclic) bond motifs is 1. The van der Waals surface area contributed by atoms with Gasteiger partial charge in [-0.1, -0.05) is 0 Å². The minimum Gasteiger partial charge on any atom is -0.469 e. The van der Waals surface area contributed by atoms with Crippen LogP contribution in [0.25, 0.3) is 0 Å². The van der Waals surface area contributed by atoms with Crippen molar-refractivity contribution in [1.82, 2.24) is 0 Å². The molecule has 1 heterocycles. The van der Waals surface area contributed by atoms with E-state index in [-0.39, 0.29) is 0 Å². The summed E-state index contributed by atoms with van der Waals surface area (Å²) in [4.78, 5) is 0. The average molecular weight is 195 g/mol. The van der Waals surface area contributed by atoms with Crippen LogP contribution in [0.5, 0.6) is 0 Å². The molecule has 0 aliphatic heterocycles. The van der Waals surface area contributed by atoms with Gasteiger partial charge in [0.15, 0.2) is 0 Å². The zero-order chi connectivity index (χ0) is 9.97. The van der Waals surface area contributed by atoms with E-state index in [0.717, 1.165) is 25.1 Å². The standard InChI is InChI=1S/C11H17NO2/c1-13-6-9-7-14-11-4-8(5-12)2-3-10(9)11/h7-8H,2-6,12H2,1H3. The highest BCUT2D eigenvalue weighted by atomic mass is 16.5. The van der Waals surface area contributed by atoms with Crippen LogP contribution in [0.2, 0.25) is 0 Å². The van der Waals surface area contributed by atoms with Gasteiger partial charge in [0.2, 0.25) is 0 Å². The normalized spacial score (nSPS) is 20.9. The maximum atomic E-state index is 5.66. The summed E-state index contributed by atoms with van der Waals surface area (Å²) in [6.07, 6.45) is 5.09. The molecule has 0 saturated carbocycles. The van der Waals surface area contributed by atoms with Crippen LogP contribution in [0.1, 0.15) is 23.3 Å². The highest BCUT2D eigenvalue weighted by molar-refractivity contribution is 5.30. The van der Waals surface area contributed by atoms with Crippen LogP contribution in [-0.4, -0.2) is 13.7 Å². The van der Waals surface area contributed by atoms with E-state index in [1.807, 2.05) is 6.26 Å². The Morgan fingerprint density at radius 3 is 3.21 bits per heavy atom. The maximum absolute atomic E-state index is 5.66. The Morgan fingerprint density at radius 2 is 2.50 bits per heavy atom. The second-order valence-corrected chi connectivity index (χ2v) is 3.94. The summed E-state index contributed by atoms with van der Waals surface area (Å²) >= 11 is 0. The molecule has 3 nitrogen and oxygen atoms in total. The number of rotatable bonds is 3. The summed E-state index contributed by atoms with van der Waals surface area (Å²) in [5.41, 5.74) is 8.22. The number of ether oxygens (including phenoxy) is 1. The highest BCUT2D eigenvalue weighted by Gasteiger charge is 2.22. The summed E-state index contributed by atoms with van der Waals surface area (Å²) in [7, 11) is 1.71. The first-order valence-electron chi connectivity index (χ1n) is 5.12. The lowest BCUT2D eigenvalue weighted by atomic mass is 9.87. The van der Waals surface area contributed by atoms with Gasteiger partial charge in [-0.05, 0) is 30.9 Å². The molecule has 1 aromatic rings. The zero-order valence-corrected chi connectivity index (χ0v) is 8.58. The Bertz CT molecular complexity index is 306. The highest BCUT2D eigenvalue weighted by Crippen LogP contribution is 2.29. The van der Waals surface area contributed by atoms with Crippen LogP contribution >= 0.6 is 0 Å². The van der Waals surface area contributed by atoms with Crippen molar-refractivity contribution in [2.75, 3.05) is 13.7 Å². The molecule has 0 radical (unpaired) electrons. The van der Waals surface area contributed by atoms with E-state index in [4.69, 9.17) is 14.9 Å². The van der Waals surface area contributed by atoms with Crippen LogP contribution in [0.15, 0.2) is 10.7 Å². The van der Waals surface area contributed by atoms with Gasteiger partial charge in [-0.15, -0.1) is 0 Å². The fraction of sp³-hybridized carbons (Fsp3) is 0.636. The van der Waals surface area contributed by atoms with Gasteiger partial charge in [-0.2, -0.15) is 0 Å². The molecule has 0 spiro atoms. The predicted molar refractivity (Wildman–Crippen MR) is 54.0 cm³/mol. The molecule has 0 bridgehead atoms. The molecule has 78 valence electrons. The Morgan fingerprint density at radius 1 is 1.64 bits per heavy atom. The molecule has 0 fully saturated rings. The number of hydrogen-bond donors (Lipinski definition) is 1. The van der Waals surface area contributed by atoms with E-state index in [1.165, 1.54) is 17.5 Å². The Kier molecular flexibility index (Phi) is 2.89. The molecule has 1 atom stereocenters. The number of methoxy groups -OCH3 is 1. The third-order valence-electron chi connectivity index (χ3n) is 2.98. The molecule has 0 aromatic carbocycles. The summed E-state index contributed by atoms with van der Waals surface area (Å²) in [6, 6.07) is 0. The van der Waals surface area contributed by atoms with Crippen LogP contribution in [0, 0.1) is 5.92 Å².